The standard InChI is InChI=1S/C26H39N2.ClH/c1-28(2,3)22-12-6-11-21-27-26(25-15-9-5-10-16-25)19-17-24(18-20-26)23-13-7-4-8-14-23;/h4-5,7-10,13-16,24,27H,6,11-12,17-22H2,1-3H3;1H/q+1;/p-1. The van der Waals surface area contributed by atoms with Crippen molar-refractivity contribution in [3.05, 3.63) is 71.8 Å². The molecule has 0 aliphatic heterocycles. The molecule has 2 nitrogen and oxygen atoms in total. The second-order valence-electron chi connectivity index (χ2n) is 9.63. The molecule has 1 saturated carbocycles. The minimum Gasteiger partial charge on any atom is -1.00 e. The van der Waals surface area contributed by atoms with E-state index in [1.165, 1.54) is 62.6 Å². The molecule has 0 bridgehead atoms. The van der Waals surface area contributed by atoms with E-state index in [2.05, 4.69) is 87.1 Å². The first-order valence-corrected chi connectivity index (χ1v) is 11.1. The molecule has 160 valence electrons. The summed E-state index contributed by atoms with van der Waals surface area (Å²) >= 11 is 0. The smallest absolute Gasteiger partial charge is 0.0780 e. The summed E-state index contributed by atoms with van der Waals surface area (Å²) in [5.74, 6) is 0.712. The van der Waals surface area contributed by atoms with E-state index in [0.29, 0.717) is 5.92 Å². The van der Waals surface area contributed by atoms with E-state index in [1.54, 1.807) is 0 Å². The van der Waals surface area contributed by atoms with Gasteiger partial charge in [0.15, 0.2) is 0 Å². The minimum atomic E-state index is 0. The van der Waals surface area contributed by atoms with E-state index in [9.17, 15) is 0 Å². The molecule has 29 heavy (non-hydrogen) atoms. The van der Waals surface area contributed by atoms with Gasteiger partial charge in [-0.15, -0.1) is 0 Å². The van der Waals surface area contributed by atoms with Gasteiger partial charge in [-0.25, -0.2) is 0 Å². The average Bonchev–Trinajstić information content (AvgIpc) is 2.71. The van der Waals surface area contributed by atoms with Crippen LogP contribution in [0.2, 0.25) is 0 Å². The van der Waals surface area contributed by atoms with Gasteiger partial charge in [-0.2, -0.15) is 0 Å². The van der Waals surface area contributed by atoms with Crippen molar-refractivity contribution in [3.8, 4) is 0 Å². The number of unbranched alkanes of at least 4 members (excludes halogenated alkanes) is 2. The van der Waals surface area contributed by atoms with Gasteiger partial charge in [0.1, 0.15) is 0 Å². The lowest BCUT2D eigenvalue weighted by molar-refractivity contribution is -0.870. The van der Waals surface area contributed by atoms with Crippen LogP contribution in [0.5, 0.6) is 0 Å². The summed E-state index contributed by atoms with van der Waals surface area (Å²) in [4.78, 5) is 0. The quantitative estimate of drug-likeness (QED) is 0.491. The van der Waals surface area contributed by atoms with E-state index in [1.807, 2.05) is 0 Å². The van der Waals surface area contributed by atoms with Crippen molar-refractivity contribution < 1.29 is 16.9 Å². The van der Waals surface area contributed by atoms with Gasteiger partial charge in [-0.3, -0.25) is 0 Å². The maximum absolute atomic E-state index is 4.02. The second kappa shape index (κ2) is 11.2. The highest BCUT2D eigenvalue weighted by Crippen LogP contribution is 2.43. The van der Waals surface area contributed by atoms with Crippen molar-refractivity contribution in [1.29, 1.82) is 0 Å². The van der Waals surface area contributed by atoms with E-state index < -0.39 is 0 Å². The molecule has 0 atom stereocenters. The first-order valence-electron chi connectivity index (χ1n) is 11.1. The molecule has 0 aromatic heterocycles. The van der Waals surface area contributed by atoms with Gasteiger partial charge in [0, 0.05) is 5.54 Å². The summed E-state index contributed by atoms with van der Waals surface area (Å²) in [5.41, 5.74) is 3.16. The number of quaternary nitrogens is 1. The molecular formula is C26H39ClN2. The van der Waals surface area contributed by atoms with E-state index in [0.717, 1.165) is 11.0 Å². The first kappa shape index (κ1) is 23.9. The summed E-state index contributed by atoms with van der Waals surface area (Å²) < 4.78 is 1.07. The van der Waals surface area contributed by atoms with Crippen molar-refractivity contribution in [2.24, 2.45) is 0 Å². The Morgan fingerprint density at radius 2 is 1.41 bits per heavy atom. The molecular weight excluding hydrogens is 376 g/mol. The molecule has 0 radical (unpaired) electrons. The van der Waals surface area contributed by atoms with Crippen molar-refractivity contribution in [2.75, 3.05) is 34.2 Å². The average molecular weight is 415 g/mol. The van der Waals surface area contributed by atoms with Crippen LogP contribution in [0.15, 0.2) is 60.7 Å². The fourth-order valence-electron chi connectivity index (χ4n) is 4.71. The topological polar surface area (TPSA) is 12.0 Å². The zero-order valence-electron chi connectivity index (χ0n) is 18.5. The number of nitrogens with one attached hydrogen (secondary N) is 1. The third-order valence-corrected chi connectivity index (χ3v) is 6.41. The summed E-state index contributed by atoms with van der Waals surface area (Å²) in [6, 6.07) is 22.3. The van der Waals surface area contributed by atoms with Crippen LogP contribution in [-0.2, 0) is 5.54 Å². The van der Waals surface area contributed by atoms with Crippen LogP contribution in [0, 0.1) is 0 Å². The van der Waals surface area contributed by atoms with Crippen molar-refractivity contribution in [2.45, 2.75) is 56.4 Å². The van der Waals surface area contributed by atoms with Crippen LogP contribution in [0.4, 0.5) is 0 Å². The van der Waals surface area contributed by atoms with Gasteiger partial charge in [0.2, 0.25) is 0 Å². The summed E-state index contributed by atoms with van der Waals surface area (Å²) in [5, 5.41) is 4.02. The number of benzene rings is 2. The van der Waals surface area contributed by atoms with Crippen LogP contribution in [0.25, 0.3) is 0 Å². The van der Waals surface area contributed by atoms with Crippen LogP contribution >= 0.6 is 0 Å². The largest absolute Gasteiger partial charge is 1.00 e. The Bertz CT molecular complexity index is 686. The Hall–Kier alpha value is -1.35. The van der Waals surface area contributed by atoms with Gasteiger partial charge in [0.25, 0.3) is 0 Å². The summed E-state index contributed by atoms with van der Waals surface area (Å²) in [6.45, 7) is 2.39. The molecule has 3 rings (SSSR count). The van der Waals surface area contributed by atoms with Crippen molar-refractivity contribution >= 4 is 0 Å². The Labute approximate surface area is 184 Å². The van der Waals surface area contributed by atoms with Crippen LogP contribution in [0.3, 0.4) is 0 Å². The molecule has 1 aliphatic carbocycles. The molecule has 1 N–H and O–H groups in total. The molecule has 0 saturated heterocycles. The number of hydrogen-bond donors (Lipinski definition) is 1. The number of nitrogens with zero attached hydrogens (tertiary/aromatic N) is 1. The zero-order chi connectivity index (χ0) is 19.9. The molecule has 3 heteroatoms. The van der Waals surface area contributed by atoms with E-state index >= 15 is 0 Å². The SMILES string of the molecule is C[N+](C)(C)CCCCCNC1(c2ccccc2)CCC(c2ccccc2)CC1.[Cl-]. The van der Waals surface area contributed by atoms with E-state index in [-0.39, 0.29) is 17.9 Å². The Morgan fingerprint density at radius 1 is 0.828 bits per heavy atom. The van der Waals surface area contributed by atoms with E-state index in [4.69, 9.17) is 0 Å². The third kappa shape index (κ3) is 7.13. The van der Waals surface area contributed by atoms with Crippen molar-refractivity contribution in [3.63, 3.8) is 0 Å². The Balaban J connectivity index is 0.00000300. The van der Waals surface area contributed by atoms with Crippen molar-refractivity contribution in [1.82, 2.24) is 5.32 Å². The lowest BCUT2D eigenvalue weighted by atomic mass is 9.71. The molecule has 0 heterocycles. The van der Waals surface area contributed by atoms with Gasteiger partial charge >= 0.3 is 0 Å². The molecule has 0 unspecified atom stereocenters. The maximum atomic E-state index is 4.02. The van der Waals surface area contributed by atoms with Crippen LogP contribution in [0.1, 0.15) is 62.0 Å². The molecule has 1 fully saturated rings. The number of rotatable bonds is 9. The predicted octanol–water partition coefficient (Wildman–Crippen LogP) is 2.71. The fourth-order valence-corrected chi connectivity index (χ4v) is 4.71. The fraction of sp³-hybridized carbons (Fsp3) is 0.538. The second-order valence-corrected chi connectivity index (χ2v) is 9.63. The number of halogens is 1. The van der Waals surface area contributed by atoms with Crippen LogP contribution < -0.4 is 17.7 Å². The zero-order valence-corrected chi connectivity index (χ0v) is 19.3. The maximum Gasteiger partial charge on any atom is 0.0780 e. The normalized spacial score (nSPS) is 22.1. The summed E-state index contributed by atoms with van der Waals surface area (Å²) in [6.07, 6.45) is 8.92. The summed E-state index contributed by atoms with van der Waals surface area (Å²) in [7, 11) is 6.86. The van der Waals surface area contributed by atoms with Gasteiger partial charge in [-0.1, -0.05) is 60.7 Å². The van der Waals surface area contributed by atoms with Gasteiger partial charge in [-0.05, 0) is 68.5 Å². The highest BCUT2D eigenvalue weighted by atomic mass is 35.5. The molecule has 2 aromatic rings. The Morgan fingerprint density at radius 3 is 2.00 bits per heavy atom. The van der Waals surface area contributed by atoms with Gasteiger partial charge < -0.3 is 22.2 Å². The predicted molar refractivity (Wildman–Crippen MR) is 121 cm³/mol. The molecule has 0 amide bonds. The highest BCUT2D eigenvalue weighted by Gasteiger charge is 2.36. The third-order valence-electron chi connectivity index (χ3n) is 6.41. The molecule has 0 spiro atoms. The lowest BCUT2D eigenvalue weighted by Crippen LogP contribution is -3.00. The molecule has 2 aromatic carbocycles. The first-order chi connectivity index (χ1) is 13.5. The minimum absolute atomic E-state index is 0. The monoisotopic (exact) mass is 414 g/mol. The lowest BCUT2D eigenvalue weighted by Gasteiger charge is -2.42. The highest BCUT2D eigenvalue weighted by molar-refractivity contribution is 5.27. The van der Waals surface area contributed by atoms with Crippen LogP contribution in [-0.4, -0.2) is 38.7 Å². The Kier molecular flexibility index (Phi) is 9.20. The molecule has 1 aliphatic rings. The number of hydrogen-bond acceptors (Lipinski definition) is 1. The van der Waals surface area contributed by atoms with Gasteiger partial charge in [0.05, 0.1) is 27.7 Å².